The lowest BCUT2D eigenvalue weighted by molar-refractivity contribution is -0.255. The Morgan fingerprint density at radius 2 is 1.81 bits per heavy atom. The molecule has 0 saturated carbocycles. The zero-order valence-corrected chi connectivity index (χ0v) is 8.68. The minimum atomic E-state index is -1.27. The van der Waals surface area contributed by atoms with Gasteiger partial charge in [-0.2, -0.15) is 0 Å². The van der Waals surface area contributed by atoms with Crippen LogP contribution in [0, 0.1) is 6.92 Å². The molecule has 16 heavy (non-hydrogen) atoms. The predicted molar refractivity (Wildman–Crippen MR) is 56.5 cm³/mol. The van der Waals surface area contributed by atoms with Crippen molar-refractivity contribution in [1.82, 2.24) is 9.97 Å². The van der Waals surface area contributed by atoms with Gasteiger partial charge in [0.05, 0.1) is 5.97 Å². The van der Waals surface area contributed by atoms with Gasteiger partial charge in [0.2, 0.25) is 0 Å². The number of benzene rings is 1. The summed E-state index contributed by atoms with van der Waals surface area (Å²) in [5.74, 6) is -0.751. The van der Waals surface area contributed by atoms with E-state index in [1.165, 1.54) is 12.4 Å². The first-order valence-corrected chi connectivity index (χ1v) is 4.78. The molecule has 0 fully saturated rings. The Bertz CT molecular complexity index is 521. The molecule has 0 aliphatic carbocycles. The Kier molecular flexibility index (Phi) is 2.64. The van der Waals surface area contributed by atoms with Crippen molar-refractivity contribution in [1.29, 1.82) is 0 Å². The molecule has 80 valence electrons. The van der Waals surface area contributed by atoms with Gasteiger partial charge in [0.1, 0.15) is 0 Å². The number of aryl methyl sites for hydroxylation is 1. The molecule has 4 heteroatoms. The van der Waals surface area contributed by atoms with Crippen LogP contribution >= 0.6 is 0 Å². The first-order chi connectivity index (χ1) is 7.68. The molecule has 0 N–H and O–H groups in total. The van der Waals surface area contributed by atoms with Gasteiger partial charge in [0, 0.05) is 23.5 Å². The highest BCUT2D eigenvalue weighted by molar-refractivity contribution is 5.85. The molecule has 4 nitrogen and oxygen atoms in total. The maximum atomic E-state index is 10.5. The maximum absolute atomic E-state index is 10.5. The number of aromatic nitrogens is 2. The lowest BCUT2D eigenvalue weighted by Crippen LogP contribution is -2.22. The second-order valence-corrected chi connectivity index (χ2v) is 3.40. The van der Waals surface area contributed by atoms with Crippen molar-refractivity contribution in [2.24, 2.45) is 0 Å². The van der Waals surface area contributed by atoms with Gasteiger partial charge >= 0.3 is 0 Å². The first-order valence-electron chi connectivity index (χ1n) is 4.78. The fourth-order valence-electron chi connectivity index (χ4n) is 1.40. The van der Waals surface area contributed by atoms with E-state index in [0.29, 0.717) is 5.82 Å². The summed E-state index contributed by atoms with van der Waals surface area (Å²) in [4.78, 5) is 18.5. The second kappa shape index (κ2) is 4.10. The molecule has 1 aromatic heterocycles. The summed E-state index contributed by atoms with van der Waals surface area (Å²) in [7, 11) is 0. The van der Waals surface area contributed by atoms with Crippen molar-refractivity contribution in [3.63, 3.8) is 0 Å². The summed E-state index contributed by atoms with van der Waals surface area (Å²) in [6.45, 7) is 1.95. The second-order valence-electron chi connectivity index (χ2n) is 3.40. The Morgan fingerprint density at radius 3 is 2.38 bits per heavy atom. The molecule has 1 heterocycles. The van der Waals surface area contributed by atoms with Crippen LogP contribution in [0.3, 0.4) is 0 Å². The highest BCUT2D eigenvalue weighted by atomic mass is 16.4. The Balaban J connectivity index is 2.43. The number of hydrogen-bond donors (Lipinski definition) is 0. The fraction of sp³-hybridized carbons (Fsp3) is 0.0833. The molecule has 0 spiro atoms. The maximum Gasteiger partial charge on any atom is 0.159 e. The van der Waals surface area contributed by atoms with Gasteiger partial charge in [-0.25, -0.2) is 9.97 Å². The molecule has 0 saturated heterocycles. The molecular formula is C12H9N2O2-. The van der Waals surface area contributed by atoms with Gasteiger partial charge in [0.15, 0.2) is 5.82 Å². The van der Waals surface area contributed by atoms with E-state index < -0.39 is 5.97 Å². The number of carboxylic acids is 1. The standard InChI is InChI=1S/C12H10N2O2/c1-8-4-2-3-5-10(8)11-13-6-9(7-14-11)12(15)16/h2-7H,1H3,(H,15,16)/p-1. The number of carbonyl (C=O) groups excluding carboxylic acids is 1. The van der Waals surface area contributed by atoms with Crippen molar-refractivity contribution >= 4 is 5.97 Å². The molecule has 1 aromatic carbocycles. The minimum Gasteiger partial charge on any atom is -0.545 e. The number of aromatic carboxylic acids is 1. The van der Waals surface area contributed by atoms with Crippen LogP contribution in [0.1, 0.15) is 15.9 Å². The fourth-order valence-corrected chi connectivity index (χ4v) is 1.40. The summed E-state index contributed by atoms with van der Waals surface area (Å²) in [6.07, 6.45) is 2.51. The third-order valence-corrected chi connectivity index (χ3v) is 2.27. The van der Waals surface area contributed by atoms with Gasteiger partial charge in [0.25, 0.3) is 0 Å². The third kappa shape index (κ3) is 1.91. The topological polar surface area (TPSA) is 65.9 Å². The van der Waals surface area contributed by atoms with Crippen molar-refractivity contribution in [3.05, 3.63) is 47.8 Å². The molecule has 2 rings (SSSR count). The summed E-state index contributed by atoms with van der Waals surface area (Å²) in [5.41, 5.74) is 1.92. The van der Waals surface area contributed by atoms with Crippen LogP contribution in [0.5, 0.6) is 0 Å². The first kappa shape index (κ1) is 10.3. The van der Waals surface area contributed by atoms with Gasteiger partial charge < -0.3 is 9.90 Å². The average molecular weight is 213 g/mol. The molecule has 0 bridgehead atoms. The normalized spacial score (nSPS) is 10.1. The van der Waals surface area contributed by atoms with E-state index in [1.54, 1.807) is 0 Å². The van der Waals surface area contributed by atoms with Crippen LogP contribution in [0.4, 0.5) is 0 Å². The van der Waals surface area contributed by atoms with Crippen LogP contribution in [-0.4, -0.2) is 15.9 Å². The van der Waals surface area contributed by atoms with Crippen molar-refractivity contribution in [2.45, 2.75) is 6.92 Å². The summed E-state index contributed by atoms with van der Waals surface area (Å²) in [5, 5.41) is 10.5. The van der Waals surface area contributed by atoms with Crippen LogP contribution in [-0.2, 0) is 0 Å². The van der Waals surface area contributed by atoms with Crippen LogP contribution in [0.2, 0.25) is 0 Å². The van der Waals surface area contributed by atoms with Gasteiger partial charge in [-0.3, -0.25) is 0 Å². The predicted octanol–water partition coefficient (Wildman–Crippen LogP) is 0.816. The zero-order chi connectivity index (χ0) is 11.5. The number of carboxylic acid groups (broad SMARTS) is 1. The quantitative estimate of drug-likeness (QED) is 0.740. The number of carbonyl (C=O) groups is 1. The van der Waals surface area contributed by atoms with E-state index >= 15 is 0 Å². The number of hydrogen-bond acceptors (Lipinski definition) is 4. The van der Waals surface area contributed by atoms with Crippen molar-refractivity contribution in [3.8, 4) is 11.4 Å². The highest BCUT2D eigenvalue weighted by Crippen LogP contribution is 2.18. The lowest BCUT2D eigenvalue weighted by Gasteiger charge is -2.05. The van der Waals surface area contributed by atoms with Gasteiger partial charge in [-0.1, -0.05) is 24.3 Å². The minimum absolute atomic E-state index is 0.0164. The van der Waals surface area contributed by atoms with Crippen molar-refractivity contribution < 1.29 is 9.90 Å². The number of rotatable bonds is 2. The molecular weight excluding hydrogens is 204 g/mol. The Morgan fingerprint density at radius 1 is 1.19 bits per heavy atom. The van der Waals surface area contributed by atoms with Crippen LogP contribution in [0.15, 0.2) is 36.7 Å². The average Bonchev–Trinajstić information content (AvgIpc) is 2.30. The monoisotopic (exact) mass is 213 g/mol. The Labute approximate surface area is 92.6 Å². The largest absolute Gasteiger partial charge is 0.545 e. The van der Waals surface area contributed by atoms with E-state index in [2.05, 4.69) is 9.97 Å². The van der Waals surface area contributed by atoms with E-state index in [9.17, 15) is 9.90 Å². The summed E-state index contributed by atoms with van der Waals surface area (Å²) >= 11 is 0. The van der Waals surface area contributed by atoms with E-state index in [1.807, 2.05) is 31.2 Å². The van der Waals surface area contributed by atoms with E-state index in [-0.39, 0.29) is 5.56 Å². The highest BCUT2D eigenvalue weighted by Gasteiger charge is 2.03. The molecule has 0 aliphatic heterocycles. The number of nitrogens with zero attached hydrogens (tertiary/aromatic N) is 2. The van der Waals surface area contributed by atoms with Gasteiger partial charge in [-0.15, -0.1) is 0 Å². The van der Waals surface area contributed by atoms with Crippen LogP contribution in [0.25, 0.3) is 11.4 Å². The SMILES string of the molecule is Cc1ccccc1-c1ncc(C(=O)[O-])cn1. The van der Waals surface area contributed by atoms with E-state index in [0.717, 1.165) is 11.1 Å². The molecule has 0 unspecified atom stereocenters. The lowest BCUT2D eigenvalue weighted by atomic mass is 10.1. The summed E-state index contributed by atoms with van der Waals surface area (Å²) < 4.78 is 0. The zero-order valence-electron chi connectivity index (χ0n) is 8.68. The molecule has 0 atom stereocenters. The smallest absolute Gasteiger partial charge is 0.159 e. The van der Waals surface area contributed by atoms with Crippen molar-refractivity contribution in [2.75, 3.05) is 0 Å². The van der Waals surface area contributed by atoms with Crippen LogP contribution < -0.4 is 5.11 Å². The Hall–Kier alpha value is -2.23. The van der Waals surface area contributed by atoms with Gasteiger partial charge in [-0.05, 0) is 12.5 Å². The summed E-state index contributed by atoms with van der Waals surface area (Å²) in [6, 6.07) is 7.65. The molecule has 0 radical (unpaired) electrons. The van der Waals surface area contributed by atoms with E-state index in [4.69, 9.17) is 0 Å². The third-order valence-electron chi connectivity index (χ3n) is 2.27. The molecule has 0 amide bonds. The molecule has 0 aliphatic rings. The molecule has 2 aromatic rings.